The summed E-state index contributed by atoms with van der Waals surface area (Å²) in [5.41, 5.74) is -7.42. The SMILES string of the molecule is CCOCCN1[C@@]2(C(=O)OC)C(C(=O)OC)=C(C(=O)OC)[C@H](C(=O)OC)[C@]1(C(=O)OC)[C@@H](C(=O)OC)[C@@H]2C(=O)OC. The fourth-order valence-corrected chi connectivity index (χ4v) is 5.98. The van der Waals surface area contributed by atoms with E-state index in [4.69, 9.17) is 37.9 Å². The van der Waals surface area contributed by atoms with Crippen LogP contribution in [0.5, 0.6) is 0 Å². The molecular weight excluding hydrogens is 554 g/mol. The number of carbonyl (C=O) groups excluding carboxylic acids is 7. The summed E-state index contributed by atoms with van der Waals surface area (Å²) in [5.74, 6) is -16.0. The van der Waals surface area contributed by atoms with Gasteiger partial charge in [-0.25, -0.2) is 19.2 Å². The van der Waals surface area contributed by atoms with E-state index in [1.165, 1.54) is 0 Å². The van der Waals surface area contributed by atoms with Crippen LogP contribution in [0.4, 0.5) is 0 Å². The van der Waals surface area contributed by atoms with E-state index < -0.39 is 88.3 Å². The van der Waals surface area contributed by atoms with Crippen LogP contribution in [0.3, 0.4) is 0 Å². The predicted octanol–water partition coefficient (Wildman–Crippen LogP) is -1.81. The molecule has 2 aliphatic rings. The van der Waals surface area contributed by atoms with Crippen molar-refractivity contribution in [3.05, 3.63) is 11.1 Å². The van der Waals surface area contributed by atoms with Gasteiger partial charge in [0.1, 0.15) is 17.8 Å². The first-order valence-corrected chi connectivity index (χ1v) is 12.1. The normalized spacial score (nSPS) is 26.9. The first kappa shape index (κ1) is 33.2. The minimum absolute atomic E-state index is 0.138. The molecule has 2 bridgehead atoms. The zero-order valence-corrected chi connectivity index (χ0v) is 23.9. The van der Waals surface area contributed by atoms with Crippen LogP contribution in [0.1, 0.15) is 6.92 Å². The maximum Gasteiger partial charge on any atom is 0.336 e. The summed E-state index contributed by atoms with van der Waals surface area (Å²) in [4.78, 5) is 96.9. The molecule has 0 saturated carbocycles. The highest BCUT2D eigenvalue weighted by atomic mass is 16.6. The van der Waals surface area contributed by atoms with E-state index in [0.717, 1.165) is 54.7 Å². The second-order valence-electron chi connectivity index (χ2n) is 8.65. The number of methoxy groups -OCH3 is 7. The number of ether oxygens (including phenoxy) is 8. The molecule has 0 spiro atoms. The number of fused-ring (bicyclic) bond motifs is 2. The minimum atomic E-state index is -2.83. The third-order valence-corrected chi connectivity index (χ3v) is 7.32. The third kappa shape index (κ3) is 4.60. The van der Waals surface area contributed by atoms with E-state index in [-0.39, 0.29) is 13.2 Å². The van der Waals surface area contributed by atoms with Crippen LogP contribution in [0.15, 0.2) is 11.1 Å². The molecule has 2 rings (SSSR count). The molecule has 16 heteroatoms. The Bertz CT molecular complexity index is 1150. The summed E-state index contributed by atoms with van der Waals surface area (Å²) < 4.78 is 40.2. The van der Waals surface area contributed by atoms with Gasteiger partial charge in [-0.2, -0.15) is 0 Å². The van der Waals surface area contributed by atoms with E-state index >= 15 is 0 Å². The number of hydrogen-bond acceptors (Lipinski definition) is 16. The molecule has 2 heterocycles. The van der Waals surface area contributed by atoms with Gasteiger partial charge in [0.05, 0.1) is 67.5 Å². The number of nitrogens with zero attached hydrogens (tertiary/aromatic N) is 1. The molecule has 1 fully saturated rings. The Labute approximate surface area is 235 Å². The highest BCUT2D eigenvalue weighted by molar-refractivity contribution is 6.17. The van der Waals surface area contributed by atoms with Crippen LogP contribution in [0, 0.1) is 17.8 Å². The standard InChI is InChI=1S/C25H33NO15/c1-9-41-11-10-26-24(22(32)39-7)13(18(28)35-3)12(17(27)34-2)14(19(29)36-4)25(26,23(33)40-8)16(21(31)38-6)15(24)20(30)37-5/h13,15-16H,9-11H2,1-8H3/t13-,15-,16-,24-,25+/m1/s1. The molecule has 41 heavy (non-hydrogen) atoms. The van der Waals surface area contributed by atoms with E-state index in [9.17, 15) is 33.6 Å². The zero-order valence-electron chi connectivity index (χ0n) is 23.9. The first-order valence-electron chi connectivity index (χ1n) is 12.1. The van der Waals surface area contributed by atoms with Gasteiger partial charge in [-0.3, -0.25) is 19.3 Å². The van der Waals surface area contributed by atoms with E-state index in [1.807, 2.05) is 0 Å². The van der Waals surface area contributed by atoms with Crippen LogP contribution in [-0.4, -0.2) is 127 Å². The Balaban J connectivity index is 3.51. The van der Waals surface area contributed by atoms with Crippen molar-refractivity contribution in [3.8, 4) is 0 Å². The summed E-state index contributed by atoms with van der Waals surface area (Å²) in [6.45, 7) is 0.976. The molecule has 0 amide bonds. The quantitative estimate of drug-likeness (QED) is 0.149. The molecule has 0 aromatic carbocycles. The van der Waals surface area contributed by atoms with Gasteiger partial charge in [0, 0.05) is 13.2 Å². The topological polar surface area (TPSA) is 197 Å². The van der Waals surface area contributed by atoms with Crippen LogP contribution in [0.25, 0.3) is 0 Å². The van der Waals surface area contributed by atoms with E-state index in [2.05, 4.69) is 0 Å². The van der Waals surface area contributed by atoms with Crippen molar-refractivity contribution in [1.82, 2.24) is 4.90 Å². The molecule has 5 atom stereocenters. The Hall–Kier alpha value is -4.05. The highest BCUT2D eigenvalue weighted by Crippen LogP contribution is 2.63. The summed E-state index contributed by atoms with van der Waals surface area (Å²) in [6, 6.07) is 0. The van der Waals surface area contributed by atoms with Gasteiger partial charge < -0.3 is 37.9 Å². The number of hydrogen-bond donors (Lipinski definition) is 0. The van der Waals surface area contributed by atoms with Crippen molar-refractivity contribution < 1.29 is 71.5 Å². The third-order valence-electron chi connectivity index (χ3n) is 7.32. The van der Waals surface area contributed by atoms with Gasteiger partial charge in [-0.1, -0.05) is 0 Å². The summed E-state index contributed by atoms with van der Waals surface area (Å²) >= 11 is 0. The fraction of sp³-hybridized carbons (Fsp3) is 0.640. The van der Waals surface area contributed by atoms with Crippen LogP contribution in [0.2, 0.25) is 0 Å². The van der Waals surface area contributed by atoms with Crippen molar-refractivity contribution in [2.24, 2.45) is 17.8 Å². The lowest BCUT2D eigenvalue weighted by Gasteiger charge is -2.51. The molecule has 1 saturated heterocycles. The molecule has 0 aromatic rings. The van der Waals surface area contributed by atoms with Crippen LogP contribution >= 0.6 is 0 Å². The molecule has 0 radical (unpaired) electrons. The number of carbonyl (C=O) groups is 7. The highest BCUT2D eigenvalue weighted by Gasteiger charge is 2.85. The molecule has 228 valence electrons. The fourth-order valence-electron chi connectivity index (χ4n) is 5.98. The zero-order chi connectivity index (χ0) is 31.3. The largest absolute Gasteiger partial charge is 0.469 e. The van der Waals surface area contributed by atoms with Gasteiger partial charge in [0.25, 0.3) is 0 Å². The Kier molecular flexibility index (Phi) is 10.6. The molecule has 16 nitrogen and oxygen atoms in total. The molecule has 2 aliphatic heterocycles. The van der Waals surface area contributed by atoms with Crippen molar-refractivity contribution in [1.29, 1.82) is 0 Å². The van der Waals surface area contributed by atoms with Crippen molar-refractivity contribution >= 4 is 41.8 Å². The van der Waals surface area contributed by atoms with Crippen LogP contribution < -0.4 is 0 Å². The lowest BCUT2D eigenvalue weighted by atomic mass is 9.68. The second kappa shape index (κ2) is 13.1. The van der Waals surface area contributed by atoms with Gasteiger partial charge >= 0.3 is 41.8 Å². The molecule has 0 unspecified atom stereocenters. The van der Waals surface area contributed by atoms with Crippen molar-refractivity contribution in [2.75, 3.05) is 69.5 Å². The summed E-state index contributed by atoms with van der Waals surface area (Å²) in [5, 5.41) is 0. The van der Waals surface area contributed by atoms with Crippen molar-refractivity contribution in [2.45, 2.75) is 18.0 Å². The average molecular weight is 588 g/mol. The number of rotatable bonds is 11. The summed E-state index contributed by atoms with van der Waals surface area (Å²) in [6.07, 6.45) is 0. The lowest BCUT2D eigenvalue weighted by molar-refractivity contribution is -0.183. The molecular formula is C25H33NO15. The van der Waals surface area contributed by atoms with Gasteiger partial charge in [-0.05, 0) is 6.92 Å². The molecule has 0 aliphatic carbocycles. The Morgan fingerprint density at radius 2 is 1.17 bits per heavy atom. The predicted molar refractivity (Wildman–Crippen MR) is 130 cm³/mol. The molecule has 0 N–H and O–H groups in total. The Morgan fingerprint density at radius 3 is 1.61 bits per heavy atom. The maximum atomic E-state index is 14.0. The lowest BCUT2D eigenvalue weighted by Crippen LogP contribution is -2.73. The van der Waals surface area contributed by atoms with Crippen LogP contribution in [-0.2, 0) is 71.5 Å². The average Bonchev–Trinajstić information content (AvgIpc) is 3.19. The van der Waals surface area contributed by atoms with Gasteiger partial charge in [0.15, 0.2) is 11.1 Å². The summed E-state index contributed by atoms with van der Waals surface area (Å²) in [7, 11) is 6.34. The van der Waals surface area contributed by atoms with E-state index in [1.54, 1.807) is 6.92 Å². The maximum absolute atomic E-state index is 14.0. The number of esters is 7. The monoisotopic (exact) mass is 587 g/mol. The van der Waals surface area contributed by atoms with Crippen molar-refractivity contribution in [3.63, 3.8) is 0 Å². The Morgan fingerprint density at radius 1 is 0.659 bits per heavy atom. The first-order chi connectivity index (χ1) is 19.4. The minimum Gasteiger partial charge on any atom is -0.469 e. The van der Waals surface area contributed by atoms with Gasteiger partial charge in [0.2, 0.25) is 0 Å². The van der Waals surface area contributed by atoms with Gasteiger partial charge in [-0.15, -0.1) is 0 Å². The second-order valence-corrected chi connectivity index (χ2v) is 8.65. The smallest absolute Gasteiger partial charge is 0.336 e. The van der Waals surface area contributed by atoms with E-state index in [0.29, 0.717) is 0 Å². The molecule has 0 aromatic heterocycles.